The Kier molecular flexibility index (Phi) is 18.4. The minimum atomic E-state index is -1.37. The molecule has 4 aromatic rings. The van der Waals surface area contributed by atoms with Gasteiger partial charge in [-0.25, -0.2) is 4.79 Å². The lowest BCUT2D eigenvalue weighted by Crippen LogP contribution is -2.62. The molecule has 1 aliphatic heterocycles. The molecule has 2 fully saturated rings. The van der Waals surface area contributed by atoms with Crippen LogP contribution in [0.2, 0.25) is 0 Å². The minimum Gasteiger partial charge on any atom is -0.444 e. The Bertz CT molecular complexity index is 2470. The van der Waals surface area contributed by atoms with Gasteiger partial charge in [0.25, 0.3) is 0 Å². The van der Waals surface area contributed by atoms with E-state index in [4.69, 9.17) is 9.47 Å². The molecule has 0 radical (unpaired) electrons. The zero-order chi connectivity index (χ0) is 51.3. The molecule has 6 unspecified atom stereocenters. The fourth-order valence-corrected chi connectivity index (χ4v) is 9.19. The number of aromatic nitrogens is 1. The Morgan fingerprint density at radius 1 is 0.606 bits per heavy atom. The molecule has 382 valence electrons. The summed E-state index contributed by atoms with van der Waals surface area (Å²) in [6.45, 7) is 12.6. The summed E-state index contributed by atoms with van der Waals surface area (Å²) in [5.74, 6) is -4.41. The predicted octanol–water partition coefficient (Wildman–Crippen LogP) is 4.82. The number of rotatable bonds is 13. The van der Waals surface area contributed by atoms with Crippen molar-refractivity contribution >= 4 is 52.4 Å². The van der Waals surface area contributed by atoms with Crippen molar-refractivity contribution in [2.75, 3.05) is 6.54 Å². The monoisotopic (exact) mass is 977 g/mol. The van der Waals surface area contributed by atoms with Gasteiger partial charge in [0, 0.05) is 48.9 Å². The van der Waals surface area contributed by atoms with Crippen LogP contribution in [0.1, 0.15) is 104 Å². The second-order valence-corrected chi connectivity index (χ2v) is 20.7. The number of hydrogen-bond donors (Lipinski definition) is 8. The summed E-state index contributed by atoms with van der Waals surface area (Å²) in [6, 6.07) is 19.1. The average Bonchev–Trinajstić information content (AvgIpc) is 3.95. The van der Waals surface area contributed by atoms with E-state index in [1.807, 2.05) is 106 Å². The van der Waals surface area contributed by atoms with Crippen LogP contribution in [0.5, 0.6) is 0 Å². The number of ether oxygens (including phenoxy) is 2. The molecular weight excluding hydrogens is 905 g/mol. The van der Waals surface area contributed by atoms with E-state index in [1.165, 1.54) is 0 Å². The fourth-order valence-electron chi connectivity index (χ4n) is 9.19. The third-order valence-corrected chi connectivity index (χ3v) is 12.6. The van der Waals surface area contributed by atoms with Crippen molar-refractivity contribution < 1.29 is 43.0 Å². The molecule has 6 rings (SSSR count). The summed E-state index contributed by atoms with van der Waals surface area (Å²) < 4.78 is 11.7. The number of benzene rings is 3. The van der Waals surface area contributed by atoms with E-state index in [2.05, 4.69) is 42.2 Å². The van der Waals surface area contributed by atoms with E-state index in [-0.39, 0.29) is 32.2 Å². The molecule has 17 heteroatoms. The van der Waals surface area contributed by atoms with Crippen molar-refractivity contribution in [1.82, 2.24) is 42.2 Å². The molecule has 2 heterocycles. The van der Waals surface area contributed by atoms with Gasteiger partial charge in [-0.1, -0.05) is 85.3 Å². The Morgan fingerprint density at radius 2 is 1.14 bits per heavy atom. The molecule has 1 saturated carbocycles. The van der Waals surface area contributed by atoms with Crippen molar-refractivity contribution in [2.45, 2.75) is 160 Å². The van der Waals surface area contributed by atoms with E-state index in [0.717, 1.165) is 27.6 Å². The van der Waals surface area contributed by atoms with Crippen LogP contribution in [-0.2, 0) is 57.5 Å². The van der Waals surface area contributed by atoms with Gasteiger partial charge in [-0.05, 0) is 103 Å². The van der Waals surface area contributed by atoms with Crippen LogP contribution in [0.25, 0.3) is 10.9 Å². The van der Waals surface area contributed by atoms with E-state index in [1.54, 1.807) is 33.9 Å². The number of amides is 7. The lowest BCUT2D eigenvalue weighted by molar-refractivity contribution is -0.140. The molecule has 0 spiro atoms. The van der Waals surface area contributed by atoms with Gasteiger partial charge in [-0.2, -0.15) is 0 Å². The van der Waals surface area contributed by atoms with Gasteiger partial charge in [0.2, 0.25) is 35.4 Å². The standard InChI is InChI=1S/C54H72N8O9/c1-33(70-53(2,3)4)45-51(68)61-43(30-35-21-12-9-13-22-35)48(65)57-40-27-18-24-38(40)46(63)59-42(29-34-19-10-8-11-20-34)49(66)60-44(31-36-32-56-39-25-15-14-23-37(36)39)50(67)58-41(47(64)62-45)26-16-17-28-55-52(69)71-54(5,6)7/h8-15,19-23,25,32-33,38,40-45,56H,16-18,24,26-31H2,1-7H3,(H,55,69)(H,57,65)(H,58,67)(H,59,63)(H,60,66)(H,61,68)(H,62,64)/t33?,38-,40+,41?,42?,43?,44?,45?/m0/s1. The van der Waals surface area contributed by atoms with Gasteiger partial charge in [0.1, 0.15) is 35.8 Å². The Balaban J connectivity index is 1.40. The van der Waals surface area contributed by atoms with Crippen LogP contribution in [0.4, 0.5) is 4.79 Å². The maximum atomic E-state index is 14.9. The molecule has 71 heavy (non-hydrogen) atoms. The van der Waals surface area contributed by atoms with Gasteiger partial charge in [-0.3, -0.25) is 28.8 Å². The normalized spacial score (nSPS) is 23.6. The van der Waals surface area contributed by atoms with E-state index >= 15 is 0 Å². The topological polar surface area (TPSA) is 238 Å². The van der Waals surface area contributed by atoms with Gasteiger partial charge in [-0.15, -0.1) is 0 Å². The Morgan fingerprint density at radius 3 is 1.76 bits per heavy atom. The molecule has 1 aliphatic carbocycles. The van der Waals surface area contributed by atoms with Crippen LogP contribution in [-0.4, -0.2) is 107 Å². The highest BCUT2D eigenvalue weighted by Gasteiger charge is 2.40. The highest BCUT2D eigenvalue weighted by molar-refractivity contribution is 5.98. The van der Waals surface area contributed by atoms with Crippen molar-refractivity contribution in [2.24, 2.45) is 5.92 Å². The molecule has 1 aromatic heterocycles. The lowest BCUT2D eigenvalue weighted by Gasteiger charge is -2.33. The smallest absolute Gasteiger partial charge is 0.407 e. The zero-order valence-corrected chi connectivity index (χ0v) is 42.0. The van der Waals surface area contributed by atoms with Crippen LogP contribution in [0.3, 0.4) is 0 Å². The van der Waals surface area contributed by atoms with E-state index < -0.39 is 101 Å². The van der Waals surface area contributed by atoms with Gasteiger partial charge < -0.3 is 51.7 Å². The first-order valence-corrected chi connectivity index (χ1v) is 24.8. The van der Waals surface area contributed by atoms with Crippen LogP contribution in [0, 0.1) is 5.92 Å². The predicted molar refractivity (Wildman–Crippen MR) is 270 cm³/mol. The summed E-state index contributed by atoms with van der Waals surface area (Å²) in [6.07, 6.45) is 2.71. The number of carbonyl (C=O) groups excluding carboxylic acids is 7. The molecule has 2 aliphatic rings. The molecule has 17 nitrogen and oxygen atoms in total. The maximum Gasteiger partial charge on any atom is 0.407 e. The second kappa shape index (κ2) is 24.4. The lowest BCUT2D eigenvalue weighted by atomic mass is 9.98. The number of unbranched alkanes of at least 4 members (excludes halogenated alkanes) is 1. The number of hydrogen-bond acceptors (Lipinski definition) is 9. The third-order valence-electron chi connectivity index (χ3n) is 12.6. The summed E-state index contributed by atoms with van der Waals surface area (Å²) in [5.41, 5.74) is 1.58. The number of alkyl carbamates (subject to hydrolysis) is 1. The fraction of sp³-hybridized carbons (Fsp3) is 0.500. The molecular formula is C54H72N8O9. The number of para-hydroxylation sites is 1. The van der Waals surface area contributed by atoms with Gasteiger partial charge in [0.05, 0.1) is 17.6 Å². The van der Waals surface area contributed by atoms with Gasteiger partial charge in [0.15, 0.2) is 0 Å². The summed E-state index contributed by atoms with van der Waals surface area (Å²) in [4.78, 5) is 104. The van der Waals surface area contributed by atoms with Crippen LogP contribution >= 0.6 is 0 Å². The molecule has 7 amide bonds. The zero-order valence-electron chi connectivity index (χ0n) is 42.0. The van der Waals surface area contributed by atoms with E-state index in [9.17, 15) is 33.6 Å². The Labute approximate surface area is 416 Å². The van der Waals surface area contributed by atoms with Crippen molar-refractivity contribution in [3.63, 3.8) is 0 Å². The van der Waals surface area contributed by atoms with Crippen LogP contribution < -0.4 is 37.2 Å². The average molecular weight is 977 g/mol. The largest absolute Gasteiger partial charge is 0.444 e. The van der Waals surface area contributed by atoms with Crippen molar-refractivity contribution in [1.29, 1.82) is 0 Å². The number of aromatic amines is 1. The van der Waals surface area contributed by atoms with Crippen molar-refractivity contribution in [3.8, 4) is 0 Å². The van der Waals surface area contributed by atoms with Crippen molar-refractivity contribution in [3.05, 3.63) is 108 Å². The summed E-state index contributed by atoms with van der Waals surface area (Å²) in [5, 5.41) is 21.2. The van der Waals surface area contributed by atoms with E-state index in [0.29, 0.717) is 32.1 Å². The molecule has 8 atom stereocenters. The first kappa shape index (κ1) is 53.6. The summed E-state index contributed by atoms with van der Waals surface area (Å²) >= 11 is 0. The molecule has 8 N–H and O–H groups in total. The molecule has 1 saturated heterocycles. The quantitative estimate of drug-likeness (QED) is 0.0857. The maximum absolute atomic E-state index is 14.9. The molecule has 3 aromatic carbocycles. The first-order chi connectivity index (χ1) is 33.7. The van der Waals surface area contributed by atoms with Crippen LogP contribution in [0.15, 0.2) is 91.1 Å². The number of H-pyrrole nitrogens is 1. The number of nitrogens with one attached hydrogen (secondary N) is 8. The third kappa shape index (κ3) is 16.1. The molecule has 0 bridgehead atoms. The SMILES string of the molecule is CC(OC(C)(C)C)C1NC(=O)C(CCCCNC(=O)OC(C)(C)C)NC(=O)C(Cc2c[nH]c3ccccc23)NC(=O)C(Cc2ccccc2)NC(=O)[C@H]2CCC[C@H]2NC(=O)C(Cc2ccccc2)NC1=O. The Hall–Kier alpha value is -6.75. The number of fused-ring (bicyclic) bond motifs is 2. The summed E-state index contributed by atoms with van der Waals surface area (Å²) in [7, 11) is 0. The highest BCUT2D eigenvalue weighted by atomic mass is 16.6. The highest BCUT2D eigenvalue weighted by Crippen LogP contribution is 2.27. The minimum absolute atomic E-state index is 0.00274. The van der Waals surface area contributed by atoms with Gasteiger partial charge >= 0.3 is 6.09 Å². The number of carbonyl (C=O) groups is 7. The second-order valence-electron chi connectivity index (χ2n) is 20.7. The first-order valence-electron chi connectivity index (χ1n) is 24.8.